The highest BCUT2D eigenvalue weighted by Gasteiger charge is 2.02. The van der Waals surface area contributed by atoms with Gasteiger partial charge in [-0.05, 0) is 11.6 Å². The summed E-state index contributed by atoms with van der Waals surface area (Å²) >= 11 is 0. The SMILES string of the molecule is COCCNCc1cncn1Cc1cccnc1. The Morgan fingerprint density at radius 2 is 2.28 bits per heavy atom. The van der Waals surface area contributed by atoms with Gasteiger partial charge in [0.25, 0.3) is 0 Å². The predicted octanol–water partition coefficient (Wildman–Crippen LogP) is 1.06. The van der Waals surface area contributed by atoms with E-state index in [9.17, 15) is 0 Å². The summed E-state index contributed by atoms with van der Waals surface area (Å²) in [5, 5.41) is 3.31. The molecule has 0 atom stereocenters. The van der Waals surface area contributed by atoms with Gasteiger partial charge in [0.15, 0.2) is 0 Å². The molecule has 0 unspecified atom stereocenters. The number of nitrogens with zero attached hydrogens (tertiary/aromatic N) is 3. The van der Waals surface area contributed by atoms with Gasteiger partial charge in [-0.25, -0.2) is 4.98 Å². The highest BCUT2D eigenvalue weighted by molar-refractivity contribution is 5.11. The number of aromatic nitrogens is 3. The van der Waals surface area contributed by atoms with Crippen LogP contribution in [0.25, 0.3) is 0 Å². The van der Waals surface area contributed by atoms with Gasteiger partial charge in [0, 0.05) is 38.8 Å². The maximum absolute atomic E-state index is 4.99. The lowest BCUT2D eigenvalue weighted by molar-refractivity contribution is 0.199. The van der Waals surface area contributed by atoms with Crippen LogP contribution in [0.5, 0.6) is 0 Å². The van der Waals surface area contributed by atoms with Gasteiger partial charge in [-0.1, -0.05) is 6.07 Å². The number of rotatable bonds is 7. The molecule has 0 radical (unpaired) electrons. The molecule has 96 valence electrons. The zero-order valence-electron chi connectivity index (χ0n) is 10.5. The van der Waals surface area contributed by atoms with Crippen molar-refractivity contribution in [2.75, 3.05) is 20.3 Å². The van der Waals surface area contributed by atoms with E-state index in [4.69, 9.17) is 4.74 Å². The summed E-state index contributed by atoms with van der Waals surface area (Å²) in [6.45, 7) is 3.16. The van der Waals surface area contributed by atoms with E-state index >= 15 is 0 Å². The zero-order valence-corrected chi connectivity index (χ0v) is 10.5. The van der Waals surface area contributed by atoms with Crippen molar-refractivity contribution < 1.29 is 4.74 Å². The van der Waals surface area contributed by atoms with Crippen LogP contribution in [0.15, 0.2) is 37.1 Å². The van der Waals surface area contributed by atoms with Crippen LogP contribution in [0, 0.1) is 0 Å². The molecule has 0 saturated carbocycles. The summed E-state index contributed by atoms with van der Waals surface area (Å²) in [5.74, 6) is 0. The summed E-state index contributed by atoms with van der Waals surface area (Å²) in [4.78, 5) is 8.30. The Morgan fingerprint density at radius 3 is 3.06 bits per heavy atom. The molecule has 5 nitrogen and oxygen atoms in total. The zero-order chi connectivity index (χ0) is 12.6. The molecule has 0 bridgehead atoms. The number of methoxy groups -OCH3 is 1. The van der Waals surface area contributed by atoms with Crippen LogP contribution in [0.3, 0.4) is 0 Å². The van der Waals surface area contributed by atoms with Crippen molar-refractivity contribution in [1.82, 2.24) is 19.9 Å². The van der Waals surface area contributed by atoms with Crippen LogP contribution in [-0.2, 0) is 17.8 Å². The first-order valence-corrected chi connectivity index (χ1v) is 5.97. The fourth-order valence-corrected chi connectivity index (χ4v) is 1.72. The van der Waals surface area contributed by atoms with E-state index in [1.54, 1.807) is 13.3 Å². The van der Waals surface area contributed by atoms with Gasteiger partial charge in [0.1, 0.15) is 0 Å². The molecule has 0 amide bonds. The van der Waals surface area contributed by atoms with Crippen LogP contribution >= 0.6 is 0 Å². The largest absolute Gasteiger partial charge is 0.383 e. The van der Waals surface area contributed by atoms with E-state index in [-0.39, 0.29) is 0 Å². The number of imidazole rings is 1. The van der Waals surface area contributed by atoms with Gasteiger partial charge in [0.2, 0.25) is 0 Å². The molecule has 2 aromatic rings. The molecule has 0 fully saturated rings. The predicted molar refractivity (Wildman–Crippen MR) is 69.1 cm³/mol. The Bertz CT molecular complexity index is 455. The molecule has 0 aliphatic rings. The Kier molecular flexibility index (Phi) is 4.87. The number of hydrogen-bond acceptors (Lipinski definition) is 4. The van der Waals surface area contributed by atoms with Gasteiger partial charge >= 0.3 is 0 Å². The van der Waals surface area contributed by atoms with Gasteiger partial charge in [-0.2, -0.15) is 0 Å². The van der Waals surface area contributed by atoms with Crippen molar-refractivity contribution in [2.45, 2.75) is 13.1 Å². The Morgan fingerprint density at radius 1 is 1.33 bits per heavy atom. The lowest BCUT2D eigenvalue weighted by atomic mass is 10.3. The average molecular weight is 246 g/mol. The molecular weight excluding hydrogens is 228 g/mol. The molecule has 18 heavy (non-hydrogen) atoms. The molecule has 2 heterocycles. The van der Waals surface area contributed by atoms with E-state index in [2.05, 4.69) is 25.9 Å². The number of hydrogen-bond donors (Lipinski definition) is 1. The van der Waals surface area contributed by atoms with Crippen molar-refractivity contribution in [1.29, 1.82) is 0 Å². The molecule has 0 spiro atoms. The third kappa shape index (κ3) is 3.65. The lowest BCUT2D eigenvalue weighted by Crippen LogP contribution is -2.20. The second-order valence-electron chi connectivity index (χ2n) is 4.04. The Balaban J connectivity index is 1.91. The Hall–Kier alpha value is -1.72. The van der Waals surface area contributed by atoms with Gasteiger partial charge in [-0.15, -0.1) is 0 Å². The first kappa shape index (κ1) is 12.7. The van der Waals surface area contributed by atoms with Crippen molar-refractivity contribution in [3.63, 3.8) is 0 Å². The quantitative estimate of drug-likeness (QED) is 0.742. The van der Waals surface area contributed by atoms with E-state index < -0.39 is 0 Å². The van der Waals surface area contributed by atoms with Crippen LogP contribution in [0.4, 0.5) is 0 Å². The number of ether oxygens (including phenoxy) is 1. The summed E-state index contributed by atoms with van der Waals surface area (Å²) in [6, 6.07) is 4.01. The summed E-state index contributed by atoms with van der Waals surface area (Å²) in [6.07, 6.45) is 7.39. The first-order valence-electron chi connectivity index (χ1n) is 5.97. The molecule has 0 saturated heterocycles. The molecule has 0 aromatic carbocycles. The van der Waals surface area contributed by atoms with Crippen molar-refractivity contribution in [2.24, 2.45) is 0 Å². The molecule has 1 N–H and O–H groups in total. The third-order valence-corrected chi connectivity index (χ3v) is 2.66. The van der Waals surface area contributed by atoms with Crippen LogP contribution in [0.2, 0.25) is 0 Å². The van der Waals surface area contributed by atoms with Crippen LogP contribution in [-0.4, -0.2) is 34.8 Å². The topological polar surface area (TPSA) is 52.0 Å². The van der Waals surface area contributed by atoms with Gasteiger partial charge in [-0.3, -0.25) is 4.98 Å². The van der Waals surface area contributed by atoms with Gasteiger partial charge < -0.3 is 14.6 Å². The maximum Gasteiger partial charge on any atom is 0.0951 e. The highest BCUT2D eigenvalue weighted by atomic mass is 16.5. The number of pyridine rings is 1. The molecule has 5 heteroatoms. The second-order valence-corrected chi connectivity index (χ2v) is 4.04. The molecule has 2 aromatic heterocycles. The average Bonchev–Trinajstić information content (AvgIpc) is 2.83. The molecule has 2 rings (SSSR count). The fraction of sp³-hybridized carbons (Fsp3) is 0.385. The maximum atomic E-state index is 4.99. The first-order chi connectivity index (χ1) is 8.90. The normalized spacial score (nSPS) is 10.7. The van der Waals surface area contributed by atoms with E-state index in [0.717, 1.165) is 31.9 Å². The van der Waals surface area contributed by atoms with E-state index in [1.807, 2.05) is 24.8 Å². The van der Waals surface area contributed by atoms with E-state index in [1.165, 1.54) is 5.56 Å². The van der Waals surface area contributed by atoms with Crippen LogP contribution < -0.4 is 5.32 Å². The van der Waals surface area contributed by atoms with E-state index in [0.29, 0.717) is 0 Å². The van der Waals surface area contributed by atoms with Crippen molar-refractivity contribution in [3.8, 4) is 0 Å². The van der Waals surface area contributed by atoms with Crippen molar-refractivity contribution in [3.05, 3.63) is 48.3 Å². The molecular formula is C13H18N4O. The smallest absolute Gasteiger partial charge is 0.0951 e. The minimum Gasteiger partial charge on any atom is -0.383 e. The molecule has 0 aliphatic carbocycles. The van der Waals surface area contributed by atoms with Crippen molar-refractivity contribution >= 4 is 0 Å². The fourth-order valence-electron chi connectivity index (χ4n) is 1.72. The second kappa shape index (κ2) is 6.88. The summed E-state index contributed by atoms with van der Waals surface area (Å²) in [5.41, 5.74) is 2.34. The minimum absolute atomic E-state index is 0.719. The minimum atomic E-state index is 0.719. The summed E-state index contributed by atoms with van der Waals surface area (Å²) < 4.78 is 7.12. The monoisotopic (exact) mass is 246 g/mol. The number of nitrogens with one attached hydrogen (secondary N) is 1. The Labute approximate surface area is 107 Å². The third-order valence-electron chi connectivity index (χ3n) is 2.66. The summed E-state index contributed by atoms with van der Waals surface area (Å²) in [7, 11) is 1.70. The standard InChI is InChI=1S/C13H18N4O/c1-18-6-5-15-8-13-9-16-11-17(13)10-12-3-2-4-14-7-12/h2-4,7,9,11,15H,5-6,8,10H2,1H3. The lowest BCUT2D eigenvalue weighted by Gasteiger charge is -2.08. The van der Waals surface area contributed by atoms with Crippen LogP contribution in [0.1, 0.15) is 11.3 Å². The van der Waals surface area contributed by atoms with Gasteiger partial charge in [0.05, 0.1) is 25.2 Å². The highest BCUT2D eigenvalue weighted by Crippen LogP contribution is 2.04. The molecule has 0 aliphatic heterocycles.